The van der Waals surface area contributed by atoms with Crippen molar-refractivity contribution in [1.82, 2.24) is 9.88 Å². The highest BCUT2D eigenvalue weighted by Gasteiger charge is 2.32. The molecule has 0 fully saturated rings. The number of nitrogens with zero attached hydrogens (tertiary/aromatic N) is 1. The molecule has 140 valence electrons. The van der Waals surface area contributed by atoms with Crippen molar-refractivity contribution in [3.63, 3.8) is 0 Å². The van der Waals surface area contributed by atoms with Crippen LogP contribution in [0.3, 0.4) is 0 Å². The first-order valence-corrected chi connectivity index (χ1v) is 9.64. The minimum Gasteiger partial charge on any atom is -0.375 e. The number of hydrogen-bond donors (Lipinski definition) is 1. The molecule has 0 radical (unpaired) electrons. The van der Waals surface area contributed by atoms with Gasteiger partial charge in [0.25, 0.3) is 0 Å². The number of aromatic amines is 1. The minimum absolute atomic E-state index is 0.00140. The summed E-state index contributed by atoms with van der Waals surface area (Å²) in [5.41, 5.74) is 4.28. The van der Waals surface area contributed by atoms with E-state index < -0.39 is 0 Å². The summed E-state index contributed by atoms with van der Waals surface area (Å²) in [6.45, 7) is 0.614. The summed E-state index contributed by atoms with van der Waals surface area (Å²) in [7, 11) is 1.55. The summed E-state index contributed by atoms with van der Waals surface area (Å²) in [6.07, 6.45) is 1.53. The van der Waals surface area contributed by atoms with Gasteiger partial charge in [0.15, 0.2) is 0 Å². The van der Waals surface area contributed by atoms with Gasteiger partial charge >= 0.3 is 0 Å². The number of rotatable bonds is 4. The Balaban J connectivity index is 1.74. The van der Waals surface area contributed by atoms with Crippen molar-refractivity contribution in [3.05, 3.63) is 69.3 Å². The fourth-order valence-electron chi connectivity index (χ4n) is 3.88. The van der Waals surface area contributed by atoms with Crippen molar-refractivity contribution >= 4 is 40.0 Å². The van der Waals surface area contributed by atoms with E-state index in [-0.39, 0.29) is 18.6 Å². The highest BCUT2D eigenvalue weighted by Crippen LogP contribution is 2.37. The van der Waals surface area contributed by atoms with Gasteiger partial charge in [-0.3, -0.25) is 4.79 Å². The molecule has 0 bridgehead atoms. The Morgan fingerprint density at radius 2 is 2.00 bits per heavy atom. The van der Waals surface area contributed by atoms with Gasteiger partial charge in [0.1, 0.15) is 6.61 Å². The zero-order chi connectivity index (χ0) is 19.0. The summed E-state index contributed by atoms with van der Waals surface area (Å²) in [6, 6.07) is 14.1. The summed E-state index contributed by atoms with van der Waals surface area (Å²) in [5, 5.41) is 2.07. The van der Waals surface area contributed by atoms with Crippen LogP contribution in [0.2, 0.25) is 10.0 Å². The van der Waals surface area contributed by atoms with Gasteiger partial charge in [0.05, 0.1) is 15.6 Å². The largest absolute Gasteiger partial charge is 0.375 e. The lowest BCUT2D eigenvalue weighted by Gasteiger charge is -2.36. The number of methoxy groups -OCH3 is 1. The average molecular weight is 403 g/mol. The van der Waals surface area contributed by atoms with Gasteiger partial charge in [-0.1, -0.05) is 59.6 Å². The molecule has 4 nitrogen and oxygen atoms in total. The van der Waals surface area contributed by atoms with Crippen LogP contribution in [-0.2, 0) is 28.9 Å². The highest BCUT2D eigenvalue weighted by atomic mass is 35.5. The number of amides is 1. The Bertz CT molecular complexity index is 985. The summed E-state index contributed by atoms with van der Waals surface area (Å²) < 4.78 is 5.11. The number of hydrogen-bond acceptors (Lipinski definition) is 2. The second-order valence-electron chi connectivity index (χ2n) is 6.87. The van der Waals surface area contributed by atoms with Crippen LogP contribution in [-0.4, -0.2) is 35.5 Å². The van der Waals surface area contributed by atoms with E-state index in [4.69, 9.17) is 27.9 Å². The maximum atomic E-state index is 12.7. The van der Waals surface area contributed by atoms with Gasteiger partial charge in [0.2, 0.25) is 5.91 Å². The molecule has 27 heavy (non-hydrogen) atoms. The molecule has 4 rings (SSSR count). The number of benzene rings is 2. The van der Waals surface area contributed by atoms with Crippen LogP contribution in [0.1, 0.15) is 16.8 Å². The third-order valence-electron chi connectivity index (χ3n) is 5.17. The van der Waals surface area contributed by atoms with Crippen LogP contribution in [0.4, 0.5) is 0 Å². The van der Waals surface area contributed by atoms with Gasteiger partial charge < -0.3 is 14.6 Å². The third kappa shape index (κ3) is 3.45. The van der Waals surface area contributed by atoms with Crippen LogP contribution in [0.5, 0.6) is 0 Å². The number of carbonyl (C=O) groups excluding carboxylic acids is 1. The number of halogens is 2. The van der Waals surface area contributed by atoms with E-state index in [1.54, 1.807) is 13.2 Å². The molecule has 2 heterocycles. The summed E-state index contributed by atoms with van der Waals surface area (Å²) >= 11 is 12.6. The highest BCUT2D eigenvalue weighted by molar-refractivity contribution is 6.45. The molecule has 1 amide bonds. The number of nitrogens with one attached hydrogen (secondary N) is 1. The van der Waals surface area contributed by atoms with Crippen LogP contribution < -0.4 is 0 Å². The number of H-pyrrole nitrogens is 1. The van der Waals surface area contributed by atoms with Gasteiger partial charge in [-0.05, 0) is 18.1 Å². The first kappa shape index (κ1) is 18.4. The molecule has 1 unspecified atom stereocenters. The molecule has 0 aliphatic carbocycles. The molecular weight excluding hydrogens is 383 g/mol. The van der Waals surface area contributed by atoms with Crippen LogP contribution in [0, 0.1) is 0 Å². The lowest BCUT2D eigenvalue weighted by atomic mass is 9.93. The standard InChI is InChI=1S/C21H20Cl2N2O2/c1-27-12-19(26)25-11-16-15-7-8-17(22)20(23)21(15)24-18(16)10-14(25)9-13-5-3-2-4-6-13/h2-8,14,24H,9-12H2,1H3. The molecule has 1 N–H and O–H groups in total. The van der Waals surface area contributed by atoms with E-state index in [1.165, 1.54) is 5.56 Å². The van der Waals surface area contributed by atoms with E-state index in [0.29, 0.717) is 16.6 Å². The minimum atomic E-state index is -0.00140. The molecular formula is C21H20Cl2N2O2. The third-order valence-corrected chi connectivity index (χ3v) is 5.98. The lowest BCUT2D eigenvalue weighted by Crippen LogP contribution is -2.46. The Morgan fingerprint density at radius 1 is 1.22 bits per heavy atom. The fourth-order valence-corrected chi connectivity index (χ4v) is 4.25. The van der Waals surface area contributed by atoms with E-state index in [2.05, 4.69) is 17.1 Å². The van der Waals surface area contributed by atoms with Crippen LogP contribution in [0.25, 0.3) is 10.9 Å². The Hall–Kier alpha value is -2.01. The Kier molecular flexibility index (Phi) is 5.13. The second kappa shape index (κ2) is 7.55. The number of carbonyl (C=O) groups is 1. The molecule has 0 saturated heterocycles. The molecule has 1 aliphatic rings. The molecule has 1 atom stereocenters. The molecule has 1 aromatic heterocycles. The molecule has 2 aromatic carbocycles. The number of aromatic nitrogens is 1. The Morgan fingerprint density at radius 3 is 2.74 bits per heavy atom. The second-order valence-corrected chi connectivity index (χ2v) is 7.65. The molecule has 0 spiro atoms. The zero-order valence-corrected chi connectivity index (χ0v) is 16.5. The van der Waals surface area contributed by atoms with Gasteiger partial charge in [-0.25, -0.2) is 0 Å². The maximum absolute atomic E-state index is 12.7. The normalized spacial score (nSPS) is 16.6. The van der Waals surface area contributed by atoms with Gasteiger partial charge in [0, 0.05) is 42.8 Å². The smallest absolute Gasteiger partial charge is 0.249 e. The van der Waals surface area contributed by atoms with Crippen molar-refractivity contribution in [3.8, 4) is 0 Å². The van der Waals surface area contributed by atoms with Crippen molar-refractivity contribution < 1.29 is 9.53 Å². The molecule has 1 aliphatic heterocycles. The zero-order valence-electron chi connectivity index (χ0n) is 15.0. The van der Waals surface area contributed by atoms with Crippen molar-refractivity contribution in [2.45, 2.75) is 25.4 Å². The first-order valence-electron chi connectivity index (χ1n) is 8.88. The lowest BCUT2D eigenvalue weighted by molar-refractivity contribution is -0.138. The SMILES string of the molecule is COCC(=O)N1Cc2c([nH]c3c(Cl)c(Cl)ccc23)CC1Cc1ccccc1. The molecule has 3 aromatic rings. The predicted molar refractivity (Wildman–Crippen MR) is 108 cm³/mol. The average Bonchev–Trinajstić information content (AvgIpc) is 3.03. The maximum Gasteiger partial charge on any atom is 0.249 e. The van der Waals surface area contributed by atoms with E-state index in [0.717, 1.165) is 35.0 Å². The van der Waals surface area contributed by atoms with Crippen LogP contribution >= 0.6 is 23.2 Å². The van der Waals surface area contributed by atoms with E-state index in [1.807, 2.05) is 29.2 Å². The first-order chi connectivity index (χ1) is 13.1. The fraction of sp³-hybridized carbons (Fsp3) is 0.286. The monoisotopic (exact) mass is 402 g/mol. The van der Waals surface area contributed by atoms with Crippen molar-refractivity contribution in [1.29, 1.82) is 0 Å². The quantitative estimate of drug-likeness (QED) is 0.691. The topological polar surface area (TPSA) is 45.3 Å². The predicted octanol–water partition coefficient (Wildman–Crippen LogP) is 4.62. The van der Waals surface area contributed by atoms with Gasteiger partial charge in [-0.2, -0.15) is 0 Å². The van der Waals surface area contributed by atoms with Crippen molar-refractivity contribution in [2.75, 3.05) is 13.7 Å². The Labute approximate surface area is 168 Å². The van der Waals surface area contributed by atoms with E-state index >= 15 is 0 Å². The van der Waals surface area contributed by atoms with Crippen molar-refractivity contribution in [2.24, 2.45) is 0 Å². The van der Waals surface area contributed by atoms with Gasteiger partial charge in [-0.15, -0.1) is 0 Å². The summed E-state index contributed by atoms with van der Waals surface area (Å²) in [4.78, 5) is 18.1. The molecule has 0 saturated carbocycles. The van der Waals surface area contributed by atoms with E-state index in [9.17, 15) is 4.79 Å². The number of ether oxygens (including phenoxy) is 1. The summed E-state index contributed by atoms with van der Waals surface area (Å²) in [5.74, 6) is -0.00140. The van der Waals surface area contributed by atoms with Crippen LogP contribution in [0.15, 0.2) is 42.5 Å². The molecule has 6 heteroatoms. The number of fused-ring (bicyclic) bond motifs is 3.